The quantitative estimate of drug-likeness (QED) is 0.627. The highest BCUT2D eigenvalue weighted by molar-refractivity contribution is 8.23. The Balaban J connectivity index is 2.27. The van der Waals surface area contributed by atoms with Crippen molar-refractivity contribution in [3.8, 4) is 0 Å². The Morgan fingerprint density at radius 3 is 2.79 bits per heavy atom. The molecule has 4 heteroatoms. The Hall–Kier alpha value is -0.870. The van der Waals surface area contributed by atoms with Crippen LogP contribution >= 0.6 is 24.0 Å². The lowest BCUT2D eigenvalue weighted by atomic mass is 10.2. The molecular weight excluding hydrogens is 214 g/mol. The van der Waals surface area contributed by atoms with E-state index in [1.165, 1.54) is 17.3 Å². The SMILES string of the molecule is O=CCSC(=S)NCc1ccccc1. The number of carbonyl (C=O) groups excluding carboxylic acids is 1. The molecule has 0 heterocycles. The van der Waals surface area contributed by atoms with Gasteiger partial charge in [0.25, 0.3) is 0 Å². The standard InChI is InChI=1S/C10H11NOS2/c12-6-7-14-10(13)11-8-9-4-2-1-3-5-9/h1-6H,7-8H2,(H,11,13). The number of thiocarbonyl (C=S) groups is 1. The van der Waals surface area contributed by atoms with Crippen LogP contribution in [0.3, 0.4) is 0 Å². The third kappa shape index (κ3) is 4.39. The molecular formula is C10H11NOS2. The van der Waals surface area contributed by atoms with Crippen molar-refractivity contribution >= 4 is 34.6 Å². The second kappa shape index (κ2) is 6.56. The third-order valence-electron chi connectivity index (χ3n) is 1.56. The summed E-state index contributed by atoms with van der Waals surface area (Å²) in [5.74, 6) is 0.417. The Kier molecular flexibility index (Phi) is 5.25. The van der Waals surface area contributed by atoms with E-state index in [1.54, 1.807) is 0 Å². The van der Waals surface area contributed by atoms with Gasteiger partial charge < -0.3 is 10.1 Å². The van der Waals surface area contributed by atoms with Crippen molar-refractivity contribution in [2.75, 3.05) is 5.75 Å². The van der Waals surface area contributed by atoms with Crippen LogP contribution in [0.4, 0.5) is 0 Å². The van der Waals surface area contributed by atoms with Gasteiger partial charge in [-0.25, -0.2) is 0 Å². The second-order valence-corrected chi connectivity index (χ2v) is 4.30. The summed E-state index contributed by atoms with van der Waals surface area (Å²) in [6.45, 7) is 0.714. The van der Waals surface area contributed by atoms with Gasteiger partial charge in [0.1, 0.15) is 10.6 Å². The molecule has 0 bridgehead atoms. The zero-order valence-electron chi connectivity index (χ0n) is 7.60. The molecule has 1 rings (SSSR count). The topological polar surface area (TPSA) is 29.1 Å². The zero-order chi connectivity index (χ0) is 10.2. The highest BCUT2D eigenvalue weighted by Crippen LogP contribution is 2.02. The zero-order valence-corrected chi connectivity index (χ0v) is 9.24. The molecule has 14 heavy (non-hydrogen) atoms. The Labute approximate surface area is 93.1 Å². The van der Waals surface area contributed by atoms with Crippen LogP contribution in [-0.2, 0) is 11.3 Å². The molecule has 0 aliphatic heterocycles. The first-order valence-electron chi connectivity index (χ1n) is 4.21. The van der Waals surface area contributed by atoms with Gasteiger partial charge in [0.05, 0.1) is 5.75 Å². The molecule has 0 fully saturated rings. The first-order chi connectivity index (χ1) is 6.83. The number of hydrogen-bond donors (Lipinski definition) is 1. The fraction of sp³-hybridized carbons (Fsp3) is 0.200. The van der Waals surface area contributed by atoms with Crippen LogP contribution in [0.1, 0.15) is 5.56 Å². The van der Waals surface area contributed by atoms with E-state index < -0.39 is 0 Å². The lowest BCUT2D eigenvalue weighted by Gasteiger charge is -2.05. The molecule has 0 aliphatic rings. The van der Waals surface area contributed by atoms with Crippen molar-refractivity contribution in [3.05, 3.63) is 35.9 Å². The van der Waals surface area contributed by atoms with E-state index in [2.05, 4.69) is 5.32 Å². The van der Waals surface area contributed by atoms with Crippen LogP contribution in [0, 0.1) is 0 Å². The van der Waals surface area contributed by atoms with Gasteiger partial charge >= 0.3 is 0 Å². The predicted octanol–water partition coefficient (Wildman–Crippen LogP) is 1.99. The highest BCUT2D eigenvalue weighted by atomic mass is 32.2. The lowest BCUT2D eigenvalue weighted by Crippen LogP contribution is -2.18. The van der Waals surface area contributed by atoms with Crippen molar-refractivity contribution in [2.45, 2.75) is 6.54 Å². The summed E-state index contributed by atoms with van der Waals surface area (Å²) in [5, 5.41) is 3.07. The van der Waals surface area contributed by atoms with E-state index in [-0.39, 0.29) is 0 Å². The molecule has 0 aliphatic carbocycles. The molecule has 2 nitrogen and oxygen atoms in total. The van der Waals surface area contributed by atoms with Gasteiger partial charge in [0, 0.05) is 6.54 Å². The molecule has 0 radical (unpaired) electrons. The maximum absolute atomic E-state index is 10.1. The Morgan fingerprint density at radius 2 is 2.14 bits per heavy atom. The van der Waals surface area contributed by atoms with Gasteiger partial charge in [-0.05, 0) is 5.56 Å². The molecule has 1 aromatic rings. The summed E-state index contributed by atoms with van der Waals surface area (Å²) < 4.78 is 0.668. The molecule has 1 N–H and O–H groups in total. The first-order valence-corrected chi connectivity index (χ1v) is 5.60. The van der Waals surface area contributed by atoms with Crippen molar-refractivity contribution in [3.63, 3.8) is 0 Å². The van der Waals surface area contributed by atoms with E-state index in [9.17, 15) is 4.79 Å². The molecule has 0 amide bonds. The molecule has 74 valence electrons. The fourth-order valence-electron chi connectivity index (χ4n) is 0.931. The van der Waals surface area contributed by atoms with Gasteiger partial charge in [-0.15, -0.1) is 0 Å². The fourth-order valence-corrected chi connectivity index (χ4v) is 1.60. The molecule has 0 spiro atoms. The molecule has 0 unspecified atom stereocenters. The van der Waals surface area contributed by atoms with E-state index in [4.69, 9.17) is 12.2 Å². The van der Waals surface area contributed by atoms with Crippen LogP contribution in [-0.4, -0.2) is 16.4 Å². The highest BCUT2D eigenvalue weighted by Gasteiger charge is 1.96. The number of thioether (sulfide) groups is 1. The average Bonchev–Trinajstić information content (AvgIpc) is 2.25. The summed E-state index contributed by atoms with van der Waals surface area (Å²) in [4.78, 5) is 10.1. The third-order valence-corrected chi connectivity index (χ3v) is 2.77. The van der Waals surface area contributed by atoms with Crippen molar-refractivity contribution in [1.29, 1.82) is 0 Å². The predicted molar refractivity (Wildman–Crippen MR) is 64.4 cm³/mol. The average molecular weight is 225 g/mol. The van der Waals surface area contributed by atoms with Crippen LogP contribution in [0.25, 0.3) is 0 Å². The molecule has 0 aromatic heterocycles. The number of rotatable bonds is 4. The van der Waals surface area contributed by atoms with Crippen LogP contribution in [0.2, 0.25) is 0 Å². The van der Waals surface area contributed by atoms with Gasteiger partial charge in [0.2, 0.25) is 0 Å². The van der Waals surface area contributed by atoms with Crippen molar-refractivity contribution < 1.29 is 4.79 Å². The number of carbonyl (C=O) groups is 1. The maximum Gasteiger partial charge on any atom is 0.134 e. The molecule has 1 aromatic carbocycles. The van der Waals surface area contributed by atoms with Crippen molar-refractivity contribution in [2.24, 2.45) is 0 Å². The normalized spacial score (nSPS) is 9.43. The Morgan fingerprint density at radius 1 is 1.43 bits per heavy atom. The van der Waals surface area contributed by atoms with Gasteiger partial charge in [-0.3, -0.25) is 0 Å². The summed E-state index contributed by atoms with van der Waals surface area (Å²) >= 11 is 6.36. The Bertz CT molecular complexity index is 300. The maximum atomic E-state index is 10.1. The van der Waals surface area contributed by atoms with Crippen LogP contribution < -0.4 is 5.32 Å². The molecule has 0 saturated heterocycles. The van der Waals surface area contributed by atoms with E-state index >= 15 is 0 Å². The number of benzene rings is 1. The minimum absolute atomic E-state index is 0.417. The molecule has 0 atom stereocenters. The van der Waals surface area contributed by atoms with Crippen molar-refractivity contribution in [1.82, 2.24) is 5.32 Å². The summed E-state index contributed by atoms with van der Waals surface area (Å²) in [6, 6.07) is 10.0. The smallest absolute Gasteiger partial charge is 0.134 e. The largest absolute Gasteiger partial charge is 0.367 e. The van der Waals surface area contributed by atoms with Crippen LogP contribution in [0.15, 0.2) is 30.3 Å². The number of hydrogen-bond acceptors (Lipinski definition) is 3. The number of aldehydes is 1. The van der Waals surface area contributed by atoms with E-state index in [1.807, 2.05) is 30.3 Å². The summed E-state index contributed by atoms with van der Waals surface area (Å²) in [6.07, 6.45) is 0.848. The minimum atomic E-state index is 0.417. The van der Waals surface area contributed by atoms with Gasteiger partial charge in [-0.1, -0.05) is 54.3 Å². The van der Waals surface area contributed by atoms with E-state index in [0.29, 0.717) is 16.6 Å². The summed E-state index contributed by atoms with van der Waals surface area (Å²) in [7, 11) is 0. The van der Waals surface area contributed by atoms with Gasteiger partial charge in [0.15, 0.2) is 0 Å². The second-order valence-electron chi connectivity index (χ2n) is 2.60. The number of nitrogens with one attached hydrogen (secondary N) is 1. The van der Waals surface area contributed by atoms with Gasteiger partial charge in [-0.2, -0.15) is 0 Å². The molecule has 0 saturated carbocycles. The lowest BCUT2D eigenvalue weighted by molar-refractivity contribution is -0.105. The van der Waals surface area contributed by atoms with Crippen LogP contribution in [0.5, 0.6) is 0 Å². The minimum Gasteiger partial charge on any atom is -0.367 e. The monoisotopic (exact) mass is 225 g/mol. The van der Waals surface area contributed by atoms with E-state index in [0.717, 1.165) is 6.29 Å². The first kappa shape index (κ1) is 11.2. The summed E-state index contributed by atoms with van der Waals surface area (Å²) in [5.41, 5.74) is 1.18.